The van der Waals surface area contributed by atoms with Gasteiger partial charge in [0, 0.05) is 16.0 Å². The third-order valence-corrected chi connectivity index (χ3v) is 3.99. The zero-order valence-electron chi connectivity index (χ0n) is 9.57. The van der Waals surface area contributed by atoms with E-state index in [1.54, 1.807) is 35.6 Å². The average Bonchev–Trinajstić information content (AvgIpc) is 2.87. The SMILES string of the molecule is Cc1ccsc1/C=C1\Oc2ccc(Cl)cc2C1=O. The maximum Gasteiger partial charge on any atom is 0.232 e. The number of thiophene rings is 1. The van der Waals surface area contributed by atoms with Gasteiger partial charge in [0.2, 0.25) is 5.78 Å². The third kappa shape index (κ3) is 1.85. The quantitative estimate of drug-likeness (QED) is 0.725. The van der Waals surface area contributed by atoms with Crippen molar-refractivity contribution in [2.45, 2.75) is 6.92 Å². The molecule has 1 aromatic carbocycles. The summed E-state index contributed by atoms with van der Waals surface area (Å²) in [5.41, 5.74) is 1.67. The first-order valence-corrected chi connectivity index (χ1v) is 6.69. The van der Waals surface area contributed by atoms with Crippen molar-refractivity contribution in [1.82, 2.24) is 0 Å². The lowest BCUT2D eigenvalue weighted by Gasteiger charge is -1.97. The molecule has 0 unspecified atom stereocenters. The molecular formula is C14H9ClO2S. The number of allylic oxidation sites excluding steroid dienone is 1. The van der Waals surface area contributed by atoms with E-state index >= 15 is 0 Å². The van der Waals surface area contributed by atoms with Crippen molar-refractivity contribution in [2.75, 3.05) is 0 Å². The van der Waals surface area contributed by atoms with Crippen LogP contribution in [0.15, 0.2) is 35.4 Å². The fraction of sp³-hybridized carbons (Fsp3) is 0.0714. The number of ketones is 1. The highest BCUT2D eigenvalue weighted by atomic mass is 35.5. The molecule has 0 aliphatic carbocycles. The summed E-state index contributed by atoms with van der Waals surface area (Å²) in [6.07, 6.45) is 1.79. The van der Waals surface area contributed by atoms with E-state index in [1.807, 2.05) is 18.4 Å². The Morgan fingerprint density at radius 3 is 2.89 bits per heavy atom. The van der Waals surface area contributed by atoms with E-state index in [0.29, 0.717) is 22.1 Å². The minimum Gasteiger partial charge on any atom is -0.452 e. The van der Waals surface area contributed by atoms with Gasteiger partial charge in [0.15, 0.2) is 5.76 Å². The minimum atomic E-state index is -0.111. The normalized spacial score (nSPS) is 15.9. The third-order valence-electron chi connectivity index (χ3n) is 2.79. The van der Waals surface area contributed by atoms with E-state index in [9.17, 15) is 4.79 Å². The molecule has 1 aliphatic rings. The molecule has 0 bridgehead atoms. The summed E-state index contributed by atoms with van der Waals surface area (Å²) in [4.78, 5) is 13.2. The number of halogens is 1. The molecule has 0 N–H and O–H groups in total. The van der Waals surface area contributed by atoms with Crippen molar-refractivity contribution in [3.63, 3.8) is 0 Å². The lowest BCUT2D eigenvalue weighted by Crippen LogP contribution is -1.97. The molecule has 0 saturated heterocycles. The van der Waals surface area contributed by atoms with Crippen molar-refractivity contribution < 1.29 is 9.53 Å². The Bertz CT molecular complexity index is 670. The van der Waals surface area contributed by atoms with Crippen LogP contribution in [-0.2, 0) is 0 Å². The van der Waals surface area contributed by atoms with Gasteiger partial charge in [0.1, 0.15) is 5.75 Å². The van der Waals surface area contributed by atoms with Gasteiger partial charge in [-0.15, -0.1) is 11.3 Å². The summed E-state index contributed by atoms with van der Waals surface area (Å²) in [6, 6.07) is 7.09. The van der Waals surface area contributed by atoms with E-state index < -0.39 is 0 Å². The van der Waals surface area contributed by atoms with Crippen LogP contribution >= 0.6 is 22.9 Å². The van der Waals surface area contributed by atoms with Crippen LogP contribution in [0.4, 0.5) is 0 Å². The molecule has 18 heavy (non-hydrogen) atoms. The first kappa shape index (κ1) is 11.5. The van der Waals surface area contributed by atoms with Crippen LogP contribution in [0, 0.1) is 6.92 Å². The maximum absolute atomic E-state index is 12.1. The fourth-order valence-electron chi connectivity index (χ4n) is 1.81. The summed E-state index contributed by atoms with van der Waals surface area (Å²) in [5.74, 6) is 0.822. The minimum absolute atomic E-state index is 0.111. The summed E-state index contributed by atoms with van der Waals surface area (Å²) < 4.78 is 5.56. The number of carbonyl (C=O) groups is 1. The van der Waals surface area contributed by atoms with Gasteiger partial charge in [-0.05, 0) is 42.1 Å². The lowest BCUT2D eigenvalue weighted by molar-refractivity contribution is 0.101. The molecule has 4 heteroatoms. The number of fused-ring (bicyclic) bond motifs is 1. The number of hydrogen-bond acceptors (Lipinski definition) is 3. The van der Waals surface area contributed by atoms with Crippen LogP contribution < -0.4 is 4.74 Å². The summed E-state index contributed by atoms with van der Waals surface area (Å²) >= 11 is 7.46. The highest BCUT2D eigenvalue weighted by Gasteiger charge is 2.27. The molecule has 2 aromatic rings. The van der Waals surface area contributed by atoms with Crippen LogP contribution in [0.2, 0.25) is 5.02 Å². The zero-order chi connectivity index (χ0) is 12.7. The Labute approximate surface area is 113 Å². The Kier molecular flexibility index (Phi) is 2.73. The number of ether oxygens (including phenoxy) is 1. The summed E-state index contributed by atoms with van der Waals surface area (Å²) in [5, 5.41) is 2.53. The van der Waals surface area contributed by atoms with Gasteiger partial charge in [0.05, 0.1) is 5.56 Å². The van der Waals surface area contributed by atoms with Crippen molar-refractivity contribution in [2.24, 2.45) is 0 Å². The summed E-state index contributed by atoms with van der Waals surface area (Å²) in [6.45, 7) is 2.01. The number of aryl methyl sites for hydroxylation is 1. The van der Waals surface area contributed by atoms with Gasteiger partial charge < -0.3 is 4.74 Å². The molecule has 0 fully saturated rings. The molecule has 0 atom stereocenters. The van der Waals surface area contributed by atoms with Crippen LogP contribution in [0.1, 0.15) is 20.8 Å². The molecule has 0 amide bonds. The Balaban J connectivity index is 2.03. The largest absolute Gasteiger partial charge is 0.452 e. The zero-order valence-corrected chi connectivity index (χ0v) is 11.1. The molecule has 0 spiro atoms. The monoisotopic (exact) mass is 276 g/mol. The van der Waals surface area contributed by atoms with Crippen LogP contribution in [-0.4, -0.2) is 5.78 Å². The van der Waals surface area contributed by atoms with Gasteiger partial charge in [-0.3, -0.25) is 4.79 Å². The van der Waals surface area contributed by atoms with Crippen molar-refractivity contribution >= 4 is 34.8 Å². The molecule has 3 rings (SSSR count). The van der Waals surface area contributed by atoms with Crippen LogP contribution in [0.25, 0.3) is 6.08 Å². The molecule has 2 nitrogen and oxygen atoms in total. The fourth-order valence-corrected chi connectivity index (χ4v) is 2.83. The van der Waals surface area contributed by atoms with Crippen molar-refractivity contribution in [3.8, 4) is 5.75 Å². The Morgan fingerprint density at radius 2 is 2.17 bits per heavy atom. The second-order valence-electron chi connectivity index (χ2n) is 4.05. The van der Waals surface area contributed by atoms with Crippen molar-refractivity contribution in [1.29, 1.82) is 0 Å². The van der Waals surface area contributed by atoms with Gasteiger partial charge in [-0.25, -0.2) is 0 Å². The Morgan fingerprint density at radius 1 is 1.33 bits per heavy atom. The van der Waals surface area contributed by atoms with Crippen LogP contribution in [0.3, 0.4) is 0 Å². The molecular weight excluding hydrogens is 268 g/mol. The first-order chi connectivity index (χ1) is 8.65. The van der Waals surface area contributed by atoms with Gasteiger partial charge >= 0.3 is 0 Å². The topological polar surface area (TPSA) is 26.3 Å². The van der Waals surface area contributed by atoms with E-state index in [-0.39, 0.29) is 5.78 Å². The number of benzene rings is 1. The van der Waals surface area contributed by atoms with Gasteiger partial charge in [-0.2, -0.15) is 0 Å². The molecule has 0 saturated carbocycles. The molecule has 2 heterocycles. The molecule has 0 radical (unpaired) electrons. The smallest absolute Gasteiger partial charge is 0.232 e. The second-order valence-corrected chi connectivity index (χ2v) is 5.43. The average molecular weight is 277 g/mol. The van der Waals surface area contributed by atoms with Gasteiger partial charge in [0.25, 0.3) is 0 Å². The van der Waals surface area contributed by atoms with E-state index in [1.165, 1.54) is 0 Å². The highest BCUT2D eigenvalue weighted by molar-refractivity contribution is 7.11. The molecule has 90 valence electrons. The molecule has 1 aliphatic heterocycles. The Hall–Kier alpha value is -1.58. The highest BCUT2D eigenvalue weighted by Crippen LogP contribution is 2.34. The second kappa shape index (κ2) is 4.26. The number of hydrogen-bond donors (Lipinski definition) is 0. The predicted octanol–water partition coefficient (Wildman–Crippen LogP) is 4.33. The van der Waals surface area contributed by atoms with E-state index in [4.69, 9.17) is 16.3 Å². The number of rotatable bonds is 1. The number of Topliss-reactive ketones (excluding diaryl/α,β-unsaturated/α-hetero) is 1. The van der Waals surface area contributed by atoms with Gasteiger partial charge in [-0.1, -0.05) is 11.6 Å². The predicted molar refractivity (Wildman–Crippen MR) is 73.4 cm³/mol. The maximum atomic E-state index is 12.1. The molecule has 1 aromatic heterocycles. The summed E-state index contributed by atoms with van der Waals surface area (Å²) in [7, 11) is 0. The van der Waals surface area contributed by atoms with Crippen molar-refractivity contribution in [3.05, 3.63) is 56.4 Å². The van der Waals surface area contributed by atoms with E-state index in [0.717, 1.165) is 10.4 Å². The number of carbonyl (C=O) groups excluding carboxylic acids is 1. The lowest BCUT2D eigenvalue weighted by atomic mass is 10.1. The standard InChI is InChI=1S/C14H9ClO2S/c1-8-4-5-18-13(8)7-12-14(16)10-6-9(15)2-3-11(10)17-12/h2-7H,1H3/b12-7-. The van der Waals surface area contributed by atoms with E-state index in [2.05, 4.69) is 0 Å². The first-order valence-electron chi connectivity index (χ1n) is 5.43. The van der Waals surface area contributed by atoms with Crippen LogP contribution in [0.5, 0.6) is 5.75 Å².